The third-order valence-electron chi connectivity index (χ3n) is 15.2. The molecule has 0 aromatic rings. The summed E-state index contributed by atoms with van der Waals surface area (Å²) in [4.78, 5) is 181. The van der Waals surface area contributed by atoms with Gasteiger partial charge in [0.15, 0.2) is 0 Å². The molecule has 558 valence electrons. The smallest absolute Gasteiger partial charge is 0.408 e. The largest absolute Gasteiger partial charge is 0.467 e. The van der Waals surface area contributed by atoms with Crippen molar-refractivity contribution in [2.24, 2.45) is 47.3 Å². The van der Waals surface area contributed by atoms with Crippen molar-refractivity contribution in [1.82, 2.24) is 63.8 Å². The van der Waals surface area contributed by atoms with Crippen LogP contribution in [0.2, 0.25) is 0 Å². The molecule has 0 aliphatic carbocycles. The summed E-state index contributed by atoms with van der Waals surface area (Å²) >= 11 is 0. The number of rotatable bonds is 40. The lowest BCUT2D eigenvalue weighted by atomic mass is 9.96. The molecule has 8 atom stereocenters. The van der Waals surface area contributed by atoms with Crippen LogP contribution in [0.5, 0.6) is 0 Å². The zero-order valence-corrected chi connectivity index (χ0v) is 64.0. The Labute approximate surface area is 579 Å². The number of hydrogen-bond acceptors (Lipinski definition) is 15. The fourth-order valence-electron chi connectivity index (χ4n) is 10.2. The van der Waals surface area contributed by atoms with Gasteiger partial charge in [0.25, 0.3) is 0 Å². The van der Waals surface area contributed by atoms with Gasteiger partial charge in [0, 0.05) is 0 Å². The standard InChI is InChI=1S/C70H128N12O15/c1-37(2)29-45(74-61(91)67(20,21)80-57(87)49(33-41(9)10)72-55(85)47(31-39(5)6)76-63(93)69(24,25)82-59(89)51(35-43(13)14)78-65(95)97-66(17,18)19)53(83)71-48(32-40(7)8)56(86)79-68(22,23)62(92)75-46(30-38(3)4)54(84)73-50(34-42(11)12)58(88)81-70(26,27)64(94)77-52(36-44(15)16)60(90)96-28/h37-52H,29-36H2,1-28H3,(H,71,83)(H,72,85)(H,73,84)(H,74,91)(H,75,92)(H,76,93)(H,77,94)(H,78,95)(H,79,86)(H,80,87)(H,81,88)(H,82,89)/t45-,46-,47-,48+,49+,50+,51+,52-/m1/s1. The lowest BCUT2D eigenvalue weighted by Crippen LogP contribution is -2.65. The van der Waals surface area contributed by atoms with Crippen LogP contribution in [-0.4, -0.2) is 160 Å². The number of carbonyl (C=O) groups is 13. The van der Waals surface area contributed by atoms with Gasteiger partial charge in [0.05, 0.1) is 7.11 Å². The maximum Gasteiger partial charge on any atom is 0.408 e. The van der Waals surface area contributed by atoms with Crippen molar-refractivity contribution in [3.63, 3.8) is 0 Å². The van der Waals surface area contributed by atoms with Gasteiger partial charge >= 0.3 is 12.1 Å². The van der Waals surface area contributed by atoms with Crippen molar-refractivity contribution in [1.29, 1.82) is 0 Å². The first-order valence-electron chi connectivity index (χ1n) is 34.6. The lowest BCUT2D eigenvalue weighted by molar-refractivity contribution is -0.146. The van der Waals surface area contributed by atoms with Crippen LogP contribution in [0.1, 0.15) is 238 Å². The molecular formula is C70H128N12O15. The molecule has 0 fully saturated rings. The predicted octanol–water partition coefficient (Wildman–Crippen LogP) is 5.39. The first-order chi connectivity index (χ1) is 44.1. The molecule has 0 radical (unpaired) electrons. The Bertz CT molecular complexity index is 2680. The predicted molar refractivity (Wildman–Crippen MR) is 373 cm³/mol. The SMILES string of the molecule is COC(=O)[C@@H](CC(C)C)NC(=O)C(C)(C)NC(=O)[C@H](CC(C)C)NC(=O)[C@@H](CC(C)C)NC(=O)C(C)(C)NC(=O)[C@H](CC(C)C)NC(=O)[C@@H](CC(C)C)NC(=O)C(C)(C)NC(=O)[C@H](CC(C)C)NC(=O)[C@@H](CC(C)C)NC(=O)C(C)(C)NC(=O)[C@H](CC(C)C)NC(=O)OC(C)(C)C. The van der Waals surface area contributed by atoms with Crippen LogP contribution in [0.3, 0.4) is 0 Å². The first-order valence-corrected chi connectivity index (χ1v) is 34.6. The third-order valence-corrected chi connectivity index (χ3v) is 15.2. The van der Waals surface area contributed by atoms with E-state index in [0.717, 1.165) is 0 Å². The average Bonchev–Trinajstić information content (AvgIpc) is 0.843. The minimum atomic E-state index is -1.72. The van der Waals surface area contributed by atoms with E-state index in [4.69, 9.17) is 9.47 Å². The fraction of sp³-hybridized carbons (Fsp3) is 0.814. The topological polar surface area (TPSA) is 385 Å². The monoisotopic (exact) mass is 1380 g/mol. The molecule has 0 bridgehead atoms. The number of carbonyl (C=O) groups excluding carboxylic acids is 13. The van der Waals surface area contributed by atoms with Crippen LogP contribution in [0.15, 0.2) is 0 Å². The highest BCUT2D eigenvalue weighted by atomic mass is 16.6. The maximum absolute atomic E-state index is 14.4. The Morgan fingerprint density at radius 3 is 0.619 bits per heavy atom. The van der Waals surface area contributed by atoms with Crippen LogP contribution in [0.25, 0.3) is 0 Å². The molecule has 27 heteroatoms. The Morgan fingerprint density at radius 1 is 0.258 bits per heavy atom. The van der Waals surface area contributed by atoms with Crippen molar-refractivity contribution < 1.29 is 71.8 Å². The summed E-state index contributed by atoms with van der Waals surface area (Å²) in [5.41, 5.74) is -7.42. The third kappa shape index (κ3) is 34.3. The van der Waals surface area contributed by atoms with Crippen molar-refractivity contribution in [3.8, 4) is 0 Å². The van der Waals surface area contributed by atoms with Crippen LogP contribution in [0, 0.1) is 47.3 Å². The maximum atomic E-state index is 14.4. The molecule has 97 heavy (non-hydrogen) atoms. The van der Waals surface area contributed by atoms with Gasteiger partial charge in [0.2, 0.25) is 65.0 Å². The molecule has 0 aliphatic rings. The van der Waals surface area contributed by atoms with Gasteiger partial charge in [0.1, 0.15) is 76.1 Å². The van der Waals surface area contributed by atoms with Crippen LogP contribution in [-0.2, 0) is 67.0 Å². The van der Waals surface area contributed by atoms with Gasteiger partial charge in [-0.1, -0.05) is 111 Å². The number of methoxy groups -OCH3 is 1. The van der Waals surface area contributed by atoms with Gasteiger partial charge in [-0.25, -0.2) is 9.59 Å². The van der Waals surface area contributed by atoms with E-state index in [1.807, 2.05) is 111 Å². The number of nitrogens with one attached hydrogen (secondary N) is 12. The molecule has 0 aliphatic heterocycles. The van der Waals surface area contributed by atoms with Gasteiger partial charge in [-0.05, 0) is 175 Å². The van der Waals surface area contributed by atoms with E-state index >= 15 is 0 Å². The summed E-state index contributed by atoms with van der Waals surface area (Å²) in [5, 5.41) is 32.8. The number of amides is 12. The van der Waals surface area contributed by atoms with Crippen molar-refractivity contribution >= 4 is 77.0 Å². The zero-order chi connectivity index (χ0) is 75.8. The summed E-state index contributed by atoms with van der Waals surface area (Å²) in [7, 11) is 1.21. The highest BCUT2D eigenvalue weighted by Gasteiger charge is 2.42. The summed E-state index contributed by atoms with van der Waals surface area (Å²) in [6.45, 7) is 46.1. The Hall–Kier alpha value is -7.09. The van der Waals surface area contributed by atoms with E-state index < -0.39 is 153 Å². The molecule has 0 rings (SSSR count). The molecular weight excluding hydrogens is 1250 g/mol. The lowest BCUT2D eigenvalue weighted by Gasteiger charge is -2.33. The minimum absolute atomic E-state index is 0.0235. The van der Waals surface area contributed by atoms with E-state index in [0.29, 0.717) is 0 Å². The quantitative estimate of drug-likeness (QED) is 0.0342. The van der Waals surface area contributed by atoms with Gasteiger partial charge in [-0.2, -0.15) is 0 Å². The van der Waals surface area contributed by atoms with E-state index in [1.54, 1.807) is 20.8 Å². The number of alkyl carbamates (subject to hydrolysis) is 1. The second-order valence-corrected chi connectivity index (χ2v) is 32.5. The second kappa shape index (κ2) is 39.5. The molecule has 12 N–H and O–H groups in total. The van der Waals surface area contributed by atoms with Crippen LogP contribution < -0.4 is 63.8 Å². The summed E-state index contributed by atoms with van der Waals surface area (Å²) < 4.78 is 10.3. The molecule has 0 unspecified atom stereocenters. The molecule has 0 heterocycles. The number of hydrogen-bond donors (Lipinski definition) is 12. The average molecular weight is 1380 g/mol. The minimum Gasteiger partial charge on any atom is -0.467 e. The van der Waals surface area contributed by atoms with Crippen molar-refractivity contribution in [2.75, 3.05) is 7.11 Å². The van der Waals surface area contributed by atoms with E-state index in [1.165, 1.54) is 62.5 Å². The zero-order valence-electron chi connectivity index (χ0n) is 64.0. The Morgan fingerprint density at radius 2 is 0.433 bits per heavy atom. The van der Waals surface area contributed by atoms with Crippen molar-refractivity contribution in [3.05, 3.63) is 0 Å². The molecule has 0 aromatic heterocycles. The van der Waals surface area contributed by atoms with Crippen LogP contribution >= 0.6 is 0 Å². The molecule has 0 saturated heterocycles. The summed E-state index contributed by atoms with van der Waals surface area (Å²) in [5.74, 6) is -9.51. The van der Waals surface area contributed by atoms with E-state index in [9.17, 15) is 62.3 Å². The second-order valence-electron chi connectivity index (χ2n) is 32.5. The number of esters is 1. The molecule has 0 spiro atoms. The highest BCUT2D eigenvalue weighted by molar-refractivity contribution is 6.01. The molecule has 0 saturated carbocycles. The normalized spacial score (nSPS) is 14.8. The summed E-state index contributed by atoms with van der Waals surface area (Å²) in [6, 6.07) is -9.33. The molecule has 12 amide bonds. The Balaban J connectivity index is 6.68. The van der Waals surface area contributed by atoms with Crippen LogP contribution in [0.4, 0.5) is 4.79 Å². The van der Waals surface area contributed by atoms with Gasteiger partial charge in [-0.15, -0.1) is 0 Å². The fourth-order valence-corrected chi connectivity index (χ4v) is 10.2. The van der Waals surface area contributed by atoms with E-state index in [-0.39, 0.29) is 98.7 Å². The van der Waals surface area contributed by atoms with Crippen molar-refractivity contribution in [2.45, 2.75) is 314 Å². The number of ether oxygens (including phenoxy) is 2. The van der Waals surface area contributed by atoms with Gasteiger partial charge in [-0.3, -0.25) is 52.7 Å². The van der Waals surface area contributed by atoms with Gasteiger partial charge < -0.3 is 73.3 Å². The Kier molecular flexibility index (Phi) is 36.6. The molecule has 27 nitrogen and oxygen atoms in total. The highest BCUT2D eigenvalue weighted by Crippen LogP contribution is 2.19. The van der Waals surface area contributed by atoms with E-state index in [2.05, 4.69) is 63.8 Å². The first kappa shape index (κ1) is 89.9. The molecule has 0 aromatic carbocycles. The summed E-state index contributed by atoms with van der Waals surface area (Å²) in [6.07, 6.45) is 0.378.